The molecular formula is C44H25N3S2. The number of benzene rings is 7. The standard InChI is InChI=1S/C44H25N3S2/c1-46-31-24-28(27-45)25-34(26-31)47(32-20-16-29(17-21-32)35-10-6-12-39-37-8-2-4-14-41(37)48-43(35)39)33-22-18-30(19-23-33)36-11-7-13-40-38-9-3-5-15-42(38)49-44(36)40/h2-26H. The third-order valence-corrected chi connectivity index (χ3v) is 11.5. The largest absolute Gasteiger partial charge is 0.312 e. The summed E-state index contributed by atoms with van der Waals surface area (Å²) >= 11 is 3.66. The highest BCUT2D eigenvalue weighted by molar-refractivity contribution is 7.26. The molecule has 0 saturated heterocycles. The third kappa shape index (κ3) is 4.93. The number of thiophene rings is 2. The molecule has 0 atom stereocenters. The number of hydrogen-bond acceptors (Lipinski definition) is 4. The summed E-state index contributed by atoms with van der Waals surface area (Å²) in [7, 11) is 0. The predicted octanol–water partition coefficient (Wildman–Crippen LogP) is 13.6. The van der Waals surface area contributed by atoms with Crippen LogP contribution in [0.1, 0.15) is 5.56 Å². The molecule has 0 N–H and O–H groups in total. The van der Waals surface area contributed by atoms with Crippen molar-refractivity contribution in [3.8, 4) is 28.3 Å². The quantitative estimate of drug-likeness (QED) is 0.172. The van der Waals surface area contributed by atoms with Crippen LogP contribution in [0.25, 0.3) is 67.4 Å². The molecule has 5 heteroatoms. The van der Waals surface area contributed by atoms with Crippen LogP contribution in [0.2, 0.25) is 0 Å². The molecule has 228 valence electrons. The summed E-state index contributed by atoms with van der Waals surface area (Å²) in [6, 6.07) is 55.0. The predicted molar refractivity (Wildman–Crippen MR) is 209 cm³/mol. The number of nitriles is 1. The number of fused-ring (bicyclic) bond motifs is 6. The van der Waals surface area contributed by atoms with E-state index in [0.29, 0.717) is 11.3 Å². The molecule has 0 saturated carbocycles. The molecule has 0 aliphatic rings. The van der Waals surface area contributed by atoms with Gasteiger partial charge in [0, 0.05) is 63.0 Å². The van der Waals surface area contributed by atoms with Crippen molar-refractivity contribution in [2.45, 2.75) is 0 Å². The van der Waals surface area contributed by atoms with Gasteiger partial charge in [-0.05, 0) is 76.9 Å². The molecule has 49 heavy (non-hydrogen) atoms. The lowest BCUT2D eigenvalue weighted by Gasteiger charge is -2.26. The monoisotopic (exact) mass is 659 g/mol. The van der Waals surface area contributed by atoms with Crippen LogP contribution >= 0.6 is 22.7 Å². The van der Waals surface area contributed by atoms with E-state index >= 15 is 0 Å². The molecule has 0 bridgehead atoms. The number of nitrogens with zero attached hydrogens (tertiary/aromatic N) is 3. The van der Waals surface area contributed by atoms with Crippen molar-refractivity contribution in [1.29, 1.82) is 5.26 Å². The zero-order valence-electron chi connectivity index (χ0n) is 26.1. The van der Waals surface area contributed by atoms with Crippen molar-refractivity contribution in [2.75, 3.05) is 4.90 Å². The van der Waals surface area contributed by atoms with Gasteiger partial charge in [-0.25, -0.2) is 4.85 Å². The molecule has 2 aromatic heterocycles. The highest BCUT2D eigenvalue weighted by atomic mass is 32.1. The van der Waals surface area contributed by atoms with Crippen LogP contribution in [0.5, 0.6) is 0 Å². The van der Waals surface area contributed by atoms with Gasteiger partial charge in [-0.2, -0.15) is 5.26 Å². The number of hydrogen-bond donors (Lipinski definition) is 0. The van der Waals surface area contributed by atoms with Gasteiger partial charge in [0.1, 0.15) is 0 Å². The maximum absolute atomic E-state index is 9.84. The topological polar surface area (TPSA) is 31.4 Å². The van der Waals surface area contributed by atoms with Crippen LogP contribution in [-0.4, -0.2) is 0 Å². The summed E-state index contributed by atoms with van der Waals surface area (Å²) in [4.78, 5) is 5.81. The van der Waals surface area contributed by atoms with E-state index in [9.17, 15) is 5.26 Å². The van der Waals surface area contributed by atoms with Gasteiger partial charge in [0.05, 0.1) is 12.6 Å². The summed E-state index contributed by atoms with van der Waals surface area (Å²) in [6.07, 6.45) is 0. The smallest absolute Gasteiger partial charge is 0.190 e. The zero-order valence-corrected chi connectivity index (χ0v) is 27.7. The first kappa shape index (κ1) is 28.9. The Morgan fingerprint density at radius 3 is 1.49 bits per heavy atom. The highest BCUT2D eigenvalue weighted by Gasteiger charge is 2.17. The molecule has 0 spiro atoms. The van der Waals surface area contributed by atoms with Crippen molar-refractivity contribution in [2.24, 2.45) is 0 Å². The van der Waals surface area contributed by atoms with E-state index in [1.807, 2.05) is 34.8 Å². The van der Waals surface area contributed by atoms with E-state index in [1.54, 1.807) is 6.07 Å². The second kappa shape index (κ2) is 11.8. The molecule has 2 heterocycles. The molecular weight excluding hydrogens is 635 g/mol. The lowest BCUT2D eigenvalue weighted by molar-refractivity contribution is 1.28. The Balaban J connectivity index is 1.15. The second-order valence-electron chi connectivity index (χ2n) is 12.0. The van der Waals surface area contributed by atoms with E-state index in [4.69, 9.17) is 6.57 Å². The van der Waals surface area contributed by atoms with Crippen LogP contribution in [0.15, 0.2) is 152 Å². The van der Waals surface area contributed by atoms with Crippen molar-refractivity contribution < 1.29 is 0 Å². The Morgan fingerprint density at radius 2 is 1.00 bits per heavy atom. The van der Waals surface area contributed by atoms with E-state index < -0.39 is 0 Å². The van der Waals surface area contributed by atoms with Crippen LogP contribution in [0.3, 0.4) is 0 Å². The van der Waals surface area contributed by atoms with Gasteiger partial charge in [0.25, 0.3) is 0 Å². The van der Waals surface area contributed by atoms with E-state index in [-0.39, 0.29) is 0 Å². The van der Waals surface area contributed by atoms with Crippen LogP contribution < -0.4 is 4.90 Å². The summed E-state index contributed by atoms with van der Waals surface area (Å²) < 4.78 is 5.13. The first-order chi connectivity index (χ1) is 24.2. The van der Waals surface area contributed by atoms with Gasteiger partial charge in [-0.15, -0.1) is 22.7 Å². The fourth-order valence-electron chi connectivity index (χ4n) is 6.83. The Hall–Kier alpha value is -6.24. The average molecular weight is 660 g/mol. The molecule has 9 aromatic rings. The van der Waals surface area contributed by atoms with E-state index in [1.165, 1.54) is 51.5 Å². The minimum absolute atomic E-state index is 0.431. The summed E-state index contributed by atoms with van der Waals surface area (Å²) in [5.74, 6) is 0. The maximum atomic E-state index is 9.84. The van der Waals surface area contributed by atoms with Crippen molar-refractivity contribution in [1.82, 2.24) is 0 Å². The van der Waals surface area contributed by atoms with Crippen molar-refractivity contribution in [3.05, 3.63) is 169 Å². The maximum Gasteiger partial charge on any atom is 0.190 e. The third-order valence-electron chi connectivity index (χ3n) is 9.10. The molecule has 7 aromatic carbocycles. The van der Waals surface area contributed by atoms with Crippen molar-refractivity contribution in [3.63, 3.8) is 0 Å². The Kier molecular flexibility index (Phi) is 6.95. The summed E-state index contributed by atoms with van der Waals surface area (Å²) in [5.41, 5.74) is 8.23. The van der Waals surface area contributed by atoms with E-state index in [0.717, 1.165) is 28.2 Å². The second-order valence-corrected chi connectivity index (χ2v) is 14.1. The minimum atomic E-state index is 0.431. The normalized spacial score (nSPS) is 11.2. The molecule has 0 fully saturated rings. The SMILES string of the molecule is [C-]#[N+]c1cc(C#N)cc(N(c2ccc(-c3cccc4c3sc3ccccc34)cc2)c2ccc(-c3cccc4c3sc3ccccc34)cc2)c1. The minimum Gasteiger partial charge on any atom is -0.312 e. The molecule has 0 amide bonds. The van der Waals surface area contributed by atoms with Crippen LogP contribution in [0, 0.1) is 17.9 Å². The van der Waals surface area contributed by atoms with Gasteiger partial charge in [-0.1, -0.05) is 97.1 Å². The zero-order chi connectivity index (χ0) is 32.9. The summed E-state index contributed by atoms with van der Waals surface area (Å²) in [5, 5.41) is 15.0. The lowest BCUT2D eigenvalue weighted by atomic mass is 10.0. The number of anilines is 3. The van der Waals surface area contributed by atoms with Gasteiger partial charge in [0.2, 0.25) is 0 Å². The molecule has 0 radical (unpaired) electrons. The Labute approximate surface area is 291 Å². The Bertz CT molecular complexity index is 2600. The molecule has 0 aliphatic heterocycles. The van der Waals surface area contributed by atoms with Crippen molar-refractivity contribution >= 4 is 85.8 Å². The first-order valence-corrected chi connectivity index (χ1v) is 17.6. The van der Waals surface area contributed by atoms with Gasteiger partial charge in [0.15, 0.2) is 5.69 Å². The van der Waals surface area contributed by atoms with Crippen LogP contribution in [0.4, 0.5) is 22.7 Å². The average Bonchev–Trinajstić information content (AvgIpc) is 3.74. The molecule has 9 rings (SSSR count). The highest BCUT2D eigenvalue weighted by Crippen LogP contribution is 2.44. The van der Waals surface area contributed by atoms with Crippen LogP contribution in [-0.2, 0) is 0 Å². The lowest BCUT2D eigenvalue weighted by Crippen LogP contribution is -2.10. The molecule has 0 aliphatic carbocycles. The molecule has 3 nitrogen and oxygen atoms in total. The summed E-state index contributed by atoms with van der Waals surface area (Å²) in [6.45, 7) is 7.72. The first-order valence-electron chi connectivity index (χ1n) is 15.9. The van der Waals surface area contributed by atoms with Gasteiger partial charge >= 0.3 is 0 Å². The Morgan fingerprint density at radius 1 is 0.510 bits per heavy atom. The fraction of sp³-hybridized carbons (Fsp3) is 0. The van der Waals surface area contributed by atoms with Gasteiger partial charge < -0.3 is 4.90 Å². The number of rotatable bonds is 5. The fourth-order valence-corrected chi connectivity index (χ4v) is 9.31. The van der Waals surface area contributed by atoms with E-state index in [2.05, 4.69) is 149 Å². The van der Waals surface area contributed by atoms with Gasteiger partial charge in [-0.3, -0.25) is 0 Å². The molecule has 0 unspecified atom stereocenters.